The highest BCUT2D eigenvalue weighted by molar-refractivity contribution is 6.08. The van der Waals surface area contributed by atoms with Crippen LogP contribution < -0.4 is 5.32 Å². The van der Waals surface area contributed by atoms with E-state index in [2.05, 4.69) is 17.5 Å². The molecule has 2 aliphatic carbocycles. The van der Waals surface area contributed by atoms with Gasteiger partial charge in [-0.1, -0.05) is 72.8 Å². The molecule has 5 nitrogen and oxygen atoms in total. The van der Waals surface area contributed by atoms with Crippen molar-refractivity contribution < 1.29 is 14.4 Å². The molecule has 152 valence electrons. The van der Waals surface area contributed by atoms with Crippen molar-refractivity contribution in [3.05, 3.63) is 83.9 Å². The topological polar surface area (TPSA) is 66.5 Å². The van der Waals surface area contributed by atoms with Crippen molar-refractivity contribution in [3.8, 4) is 0 Å². The molecule has 2 fully saturated rings. The molecule has 0 radical (unpaired) electrons. The van der Waals surface area contributed by atoms with Gasteiger partial charge in [0, 0.05) is 12.5 Å². The third-order valence-electron chi connectivity index (χ3n) is 6.77. The lowest BCUT2D eigenvalue weighted by Gasteiger charge is -2.21. The fourth-order valence-electron chi connectivity index (χ4n) is 5.33. The Morgan fingerprint density at radius 2 is 1.37 bits per heavy atom. The number of imide groups is 1. The number of likely N-dealkylation sites (tertiary alicyclic amines) is 1. The first-order chi connectivity index (χ1) is 14.6. The second kappa shape index (κ2) is 7.56. The third-order valence-corrected chi connectivity index (χ3v) is 6.77. The highest BCUT2D eigenvalue weighted by atomic mass is 16.2. The summed E-state index contributed by atoms with van der Waals surface area (Å²) in [5.74, 6) is -0.868. The summed E-state index contributed by atoms with van der Waals surface area (Å²) in [7, 11) is 0. The lowest BCUT2D eigenvalue weighted by Crippen LogP contribution is -2.42. The first-order valence-corrected chi connectivity index (χ1v) is 10.5. The Labute approximate surface area is 175 Å². The quantitative estimate of drug-likeness (QED) is 0.599. The minimum absolute atomic E-state index is 0.000700. The van der Waals surface area contributed by atoms with Crippen LogP contribution >= 0.6 is 0 Å². The fourth-order valence-corrected chi connectivity index (χ4v) is 5.33. The number of nitrogens with zero attached hydrogens (tertiary/aromatic N) is 1. The van der Waals surface area contributed by atoms with Crippen molar-refractivity contribution in [2.24, 2.45) is 23.7 Å². The Morgan fingerprint density at radius 1 is 0.867 bits per heavy atom. The molecule has 4 atom stereocenters. The molecule has 0 spiro atoms. The summed E-state index contributed by atoms with van der Waals surface area (Å²) in [5.41, 5.74) is 2.21. The molecular formula is C25H24N2O3. The second-order valence-corrected chi connectivity index (χ2v) is 8.44. The largest absolute Gasteiger partial charge is 0.354 e. The highest BCUT2D eigenvalue weighted by Crippen LogP contribution is 2.52. The van der Waals surface area contributed by atoms with E-state index in [0.29, 0.717) is 6.54 Å². The van der Waals surface area contributed by atoms with Gasteiger partial charge in [-0.05, 0) is 29.4 Å². The minimum Gasteiger partial charge on any atom is -0.354 e. The zero-order chi connectivity index (χ0) is 20.7. The van der Waals surface area contributed by atoms with Gasteiger partial charge in [-0.25, -0.2) is 0 Å². The van der Waals surface area contributed by atoms with Crippen LogP contribution in [0.3, 0.4) is 0 Å². The highest BCUT2D eigenvalue weighted by Gasteiger charge is 2.59. The van der Waals surface area contributed by atoms with Crippen LogP contribution in [0, 0.1) is 23.7 Å². The smallest absolute Gasteiger partial charge is 0.240 e. The molecule has 1 aliphatic heterocycles. The van der Waals surface area contributed by atoms with Crippen LogP contribution in [0.4, 0.5) is 0 Å². The molecule has 5 heteroatoms. The number of rotatable bonds is 6. The van der Waals surface area contributed by atoms with Crippen molar-refractivity contribution in [3.63, 3.8) is 0 Å². The summed E-state index contributed by atoms with van der Waals surface area (Å²) >= 11 is 0. The van der Waals surface area contributed by atoms with Crippen LogP contribution in [0.15, 0.2) is 72.8 Å². The monoisotopic (exact) mass is 400 g/mol. The van der Waals surface area contributed by atoms with Crippen LogP contribution in [-0.4, -0.2) is 35.7 Å². The number of carbonyl (C=O) groups is 3. The van der Waals surface area contributed by atoms with Crippen LogP contribution in [0.2, 0.25) is 0 Å². The molecule has 2 bridgehead atoms. The van der Waals surface area contributed by atoms with Gasteiger partial charge in [0.05, 0.1) is 11.8 Å². The van der Waals surface area contributed by atoms with E-state index in [4.69, 9.17) is 0 Å². The van der Waals surface area contributed by atoms with Crippen LogP contribution in [0.5, 0.6) is 0 Å². The number of carbonyl (C=O) groups excluding carboxylic acids is 3. The molecule has 1 saturated carbocycles. The zero-order valence-corrected chi connectivity index (χ0v) is 16.6. The van der Waals surface area contributed by atoms with E-state index in [1.807, 2.05) is 60.7 Å². The number of benzene rings is 2. The van der Waals surface area contributed by atoms with Crippen molar-refractivity contribution >= 4 is 17.7 Å². The molecule has 3 amide bonds. The minimum atomic E-state index is -0.297. The summed E-state index contributed by atoms with van der Waals surface area (Å²) in [6.07, 6.45) is 5.01. The Hall–Kier alpha value is -3.21. The van der Waals surface area contributed by atoms with E-state index in [1.54, 1.807) is 0 Å². The van der Waals surface area contributed by atoms with Crippen molar-refractivity contribution in [1.29, 1.82) is 0 Å². The standard InChI is InChI=1S/C25H24N2O3/c28-21(15-27-24(29)22-18-11-12-19(13-18)23(22)25(27)30)26-14-20(16-7-3-1-4-8-16)17-9-5-2-6-10-17/h1-12,18-20,22-23H,13-15H2,(H,26,28). The predicted molar refractivity (Wildman–Crippen MR) is 112 cm³/mol. The summed E-state index contributed by atoms with van der Waals surface area (Å²) in [6.45, 7) is 0.211. The zero-order valence-electron chi connectivity index (χ0n) is 16.6. The van der Waals surface area contributed by atoms with E-state index >= 15 is 0 Å². The summed E-state index contributed by atoms with van der Waals surface area (Å²) in [6, 6.07) is 20.0. The lowest BCUT2D eigenvalue weighted by molar-refractivity contribution is -0.144. The van der Waals surface area contributed by atoms with Gasteiger partial charge >= 0.3 is 0 Å². The van der Waals surface area contributed by atoms with Gasteiger partial charge in [0.25, 0.3) is 0 Å². The predicted octanol–water partition coefficient (Wildman–Crippen LogP) is 2.74. The molecule has 1 saturated heterocycles. The molecular weight excluding hydrogens is 376 g/mol. The van der Waals surface area contributed by atoms with Gasteiger partial charge in [-0.2, -0.15) is 0 Å². The maximum atomic E-state index is 12.8. The Morgan fingerprint density at radius 3 is 1.87 bits per heavy atom. The average molecular weight is 400 g/mol. The fraction of sp³-hybridized carbons (Fsp3) is 0.320. The molecule has 3 aliphatic rings. The normalized spacial score (nSPS) is 26.5. The van der Waals surface area contributed by atoms with Crippen molar-refractivity contribution in [2.45, 2.75) is 12.3 Å². The van der Waals surface area contributed by atoms with E-state index in [1.165, 1.54) is 4.90 Å². The van der Waals surface area contributed by atoms with E-state index in [9.17, 15) is 14.4 Å². The summed E-state index contributed by atoms with van der Waals surface area (Å²) in [4.78, 5) is 39.5. The van der Waals surface area contributed by atoms with Crippen LogP contribution in [-0.2, 0) is 14.4 Å². The van der Waals surface area contributed by atoms with Gasteiger partial charge in [0.2, 0.25) is 17.7 Å². The number of hydrogen-bond donors (Lipinski definition) is 1. The molecule has 2 aromatic carbocycles. The Balaban J connectivity index is 1.26. The number of amides is 3. The first kappa shape index (κ1) is 18.8. The third kappa shape index (κ3) is 3.15. The number of allylic oxidation sites excluding steroid dienone is 2. The van der Waals surface area contributed by atoms with Crippen molar-refractivity contribution in [2.75, 3.05) is 13.1 Å². The maximum Gasteiger partial charge on any atom is 0.240 e. The molecule has 1 heterocycles. The van der Waals surface area contributed by atoms with E-state index in [-0.39, 0.29) is 53.9 Å². The summed E-state index contributed by atoms with van der Waals surface area (Å²) in [5, 5.41) is 2.95. The Kier molecular flexibility index (Phi) is 4.74. The van der Waals surface area contributed by atoms with E-state index in [0.717, 1.165) is 17.5 Å². The van der Waals surface area contributed by atoms with Gasteiger partial charge in [0.1, 0.15) is 6.54 Å². The summed E-state index contributed by atoms with van der Waals surface area (Å²) < 4.78 is 0. The molecule has 2 aromatic rings. The van der Waals surface area contributed by atoms with Crippen LogP contribution in [0.1, 0.15) is 23.5 Å². The molecule has 4 unspecified atom stereocenters. The van der Waals surface area contributed by atoms with Gasteiger partial charge < -0.3 is 5.32 Å². The van der Waals surface area contributed by atoms with Gasteiger partial charge in [0.15, 0.2) is 0 Å². The number of fused-ring (bicyclic) bond motifs is 5. The maximum absolute atomic E-state index is 12.8. The molecule has 0 aromatic heterocycles. The molecule has 1 N–H and O–H groups in total. The Bertz CT molecular complexity index is 932. The molecule has 5 rings (SSSR count). The van der Waals surface area contributed by atoms with Gasteiger partial charge in [-0.15, -0.1) is 0 Å². The average Bonchev–Trinajstić information content (AvgIpc) is 3.46. The van der Waals surface area contributed by atoms with E-state index < -0.39 is 0 Å². The number of hydrogen-bond acceptors (Lipinski definition) is 3. The number of nitrogens with one attached hydrogen (secondary N) is 1. The molecule has 30 heavy (non-hydrogen) atoms. The second-order valence-electron chi connectivity index (χ2n) is 8.44. The first-order valence-electron chi connectivity index (χ1n) is 10.5. The lowest BCUT2D eigenvalue weighted by atomic mass is 9.85. The SMILES string of the molecule is O=C(CN1C(=O)C2C3C=CC(C3)C2C1=O)NCC(c1ccccc1)c1ccccc1. The van der Waals surface area contributed by atoms with Crippen LogP contribution in [0.25, 0.3) is 0 Å². The van der Waals surface area contributed by atoms with Crippen molar-refractivity contribution in [1.82, 2.24) is 10.2 Å². The van der Waals surface area contributed by atoms with Gasteiger partial charge in [-0.3, -0.25) is 19.3 Å².